The highest BCUT2D eigenvalue weighted by Gasteiger charge is 2.91. The predicted molar refractivity (Wildman–Crippen MR) is 55.5 cm³/mol. The van der Waals surface area contributed by atoms with Gasteiger partial charge in [0, 0.05) is 13.8 Å². The molecule has 0 aliphatic carbocycles. The first-order valence-electron chi connectivity index (χ1n) is 6.08. The van der Waals surface area contributed by atoms with Gasteiger partial charge in [-0.25, -0.2) is 4.39 Å². The van der Waals surface area contributed by atoms with Crippen LogP contribution in [0.15, 0.2) is 0 Å². The highest BCUT2D eigenvalue weighted by atomic mass is 19.4. The van der Waals surface area contributed by atoms with Crippen LogP contribution in [0, 0.1) is 0 Å². The average Bonchev–Trinajstić information content (AvgIpc) is 2.34. The van der Waals surface area contributed by atoms with E-state index in [4.69, 9.17) is 0 Å². The van der Waals surface area contributed by atoms with E-state index in [1.165, 1.54) is 0 Å². The number of hydrogen-bond donors (Lipinski definition) is 0. The molecule has 0 aliphatic heterocycles. The van der Waals surface area contributed by atoms with Crippen LogP contribution in [0.4, 0.5) is 65.9 Å². The molecule has 0 saturated heterocycles. The van der Waals surface area contributed by atoms with Gasteiger partial charge in [-0.05, 0) is 6.92 Å². The quantitative estimate of drug-likeness (QED) is 0.426. The van der Waals surface area contributed by atoms with Gasteiger partial charge in [0.25, 0.3) is 0 Å². The summed E-state index contributed by atoms with van der Waals surface area (Å²) in [6.45, 7) is -3.61. The second-order valence-electron chi connectivity index (χ2n) is 5.65. The van der Waals surface area contributed by atoms with E-state index in [0.29, 0.717) is 0 Å². The summed E-state index contributed by atoms with van der Waals surface area (Å²) in [6.07, 6.45) is 0. The normalized spacial score (nSPS) is 18.7. The van der Waals surface area contributed by atoms with Crippen molar-refractivity contribution >= 4 is 0 Å². The molecule has 1 unspecified atom stereocenters. The molecule has 0 spiro atoms. The molecule has 0 fully saturated rings. The molecule has 0 N–H and O–H groups in total. The Balaban J connectivity index is 6.61. The van der Waals surface area contributed by atoms with Gasteiger partial charge < -0.3 is 0 Å². The van der Waals surface area contributed by atoms with Crippen LogP contribution in [0.3, 0.4) is 0 Å². The largest absolute Gasteiger partial charge is 0.381 e. The van der Waals surface area contributed by atoms with Gasteiger partial charge in [-0.15, -0.1) is 0 Å². The van der Waals surface area contributed by atoms with Crippen molar-refractivity contribution in [2.24, 2.45) is 0 Å². The topological polar surface area (TPSA) is 0 Å². The molecular weight excluding hydrogens is 417 g/mol. The van der Waals surface area contributed by atoms with E-state index in [2.05, 4.69) is 0 Å². The fraction of sp³-hybridized carbons (Fsp3) is 1.00. The highest BCUT2D eigenvalue weighted by Crippen LogP contribution is 2.62. The van der Waals surface area contributed by atoms with Gasteiger partial charge in [-0.2, -0.15) is 61.5 Å². The summed E-state index contributed by atoms with van der Waals surface area (Å²) in [5, 5.41) is 0. The number of hydrogen-bond acceptors (Lipinski definition) is 0. The van der Waals surface area contributed by atoms with E-state index in [1.54, 1.807) is 0 Å². The van der Waals surface area contributed by atoms with E-state index in [0.717, 1.165) is 0 Å². The van der Waals surface area contributed by atoms with Crippen molar-refractivity contribution in [3.8, 4) is 0 Å². The molecule has 26 heavy (non-hydrogen) atoms. The van der Waals surface area contributed by atoms with Gasteiger partial charge in [-0.3, -0.25) is 0 Å². The van der Waals surface area contributed by atoms with Crippen LogP contribution in [0.2, 0.25) is 0 Å². The predicted octanol–water partition coefficient (Wildman–Crippen LogP) is 6.20. The Morgan fingerprint density at radius 1 is 0.308 bits per heavy atom. The molecule has 0 aromatic carbocycles. The third kappa shape index (κ3) is 2.88. The van der Waals surface area contributed by atoms with Crippen LogP contribution in [0.1, 0.15) is 20.8 Å². The van der Waals surface area contributed by atoms with E-state index in [1.807, 2.05) is 0 Å². The van der Waals surface area contributed by atoms with Gasteiger partial charge in [0.05, 0.1) is 0 Å². The molecule has 0 aromatic rings. The van der Waals surface area contributed by atoms with E-state index < -0.39 is 67.9 Å². The van der Waals surface area contributed by atoms with Crippen LogP contribution in [0.25, 0.3) is 0 Å². The van der Waals surface area contributed by atoms with Crippen LogP contribution in [0.5, 0.6) is 0 Å². The molecule has 0 aliphatic rings. The first-order valence-corrected chi connectivity index (χ1v) is 6.08. The first-order chi connectivity index (χ1) is 10.8. The van der Waals surface area contributed by atoms with Crippen molar-refractivity contribution in [1.29, 1.82) is 0 Å². The number of alkyl halides is 15. The molecule has 0 nitrogen and oxygen atoms in total. The van der Waals surface area contributed by atoms with Gasteiger partial charge >= 0.3 is 41.5 Å². The lowest BCUT2D eigenvalue weighted by atomic mass is 9.80. The van der Waals surface area contributed by atoms with Gasteiger partial charge in [0.15, 0.2) is 0 Å². The van der Waals surface area contributed by atoms with Crippen molar-refractivity contribution in [2.75, 3.05) is 0 Å². The van der Waals surface area contributed by atoms with Crippen molar-refractivity contribution in [3.63, 3.8) is 0 Å². The fourth-order valence-corrected chi connectivity index (χ4v) is 1.54. The summed E-state index contributed by atoms with van der Waals surface area (Å²) in [5.41, 5.74) is -6.82. The summed E-state index contributed by atoms with van der Waals surface area (Å²) >= 11 is 0. The molecule has 0 heterocycles. The molecule has 1 atom stereocenters. The number of rotatable bonds is 7. The second kappa shape index (κ2) is 5.72. The van der Waals surface area contributed by atoms with Crippen LogP contribution >= 0.6 is 0 Å². The summed E-state index contributed by atoms with van der Waals surface area (Å²) in [6, 6.07) is 0. The van der Waals surface area contributed by atoms with E-state index >= 15 is 0 Å². The van der Waals surface area contributed by atoms with Crippen molar-refractivity contribution in [1.82, 2.24) is 0 Å². The summed E-state index contributed by atoms with van der Waals surface area (Å²) in [5.74, 6) is -49.1. The van der Waals surface area contributed by atoms with Crippen molar-refractivity contribution < 1.29 is 65.9 Å². The molecule has 0 amide bonds. The molecule has 0 bridgehead atoms. The third-order valence-electron chi connectivity index (χ3n) is 3.46. The Hall–Kier alpha value is -1.05. The Labute approximate surface area is 135 Å². The Bertz CT molecular complexity index is 471. The highest BCUT2D eigenvalue weighted by molar-refractivity contribution is 5.17. The minimum absolute atomic E-state index is 1.03. The fourth-order valence-electron chi connectivity index (χ4n) is 1.54. The maximum Gasteiger partial charge on any atom is 0.381 e. The summed E-state index contributed by atoms with van der Waals surface area (Å²) < 4.78 is 196. The molecule has 0 rings (SSSR count). The lowest BCUT2D eigenvalue weighted by Gasteiger charge is -2.45. The Kier molecular flexibility index (Phi) is 5.49. The third-order valence-corrected chi connectivity index (χ3v) is 3.46. The van der Waals surface area contributed by atoms with Gasteiger partial charge in [-0.1, -0.05) is 0 Å². The van der Waals surface area contributed by atoms with E-state index in [-0.39, 0.29) is 0 Å². The van der Waals surface area contributed by atoms with Crippen molar-refractivity contribution in [3.05, 3.63) is 0 Å². The Morgan fingerprint density at radius 2 is 0.500 bits per heavy atom. The average molecular weight is 426 g/mol. The minimum Gasteiger partial charge on any atom is -0.230 e. The zero-order valence-electron chi connectivity index (χ0n) is 12.7. The maximum atomic E-state index is 13.7. The molecule has 158 valence electrons. The minimum atomic E-state index is -7.69. The van der Waals surface area contributed by atoms with Gasteiger partial charge in [0.2, 0.25) is 5.67 Å². The zero-order valence-corrected chi connectivity index (χ0v) is 12.7. The van der Waals surface area contributed by atoms with Crippen LogP contribution < -0.4 is 0 Å². The van der Waals surface area contributed by atoms with Crippen molar-refractivity contribution in [2.45, 2.75) is 67.9 Å². The monoisotopic (exact) mass is 426 g/mol. The lowest BCUT2D eigenvalue weighted by molar-refractivity contribution is -0.423. The summed E-state index contributed by atoms with van der Waals surface area (Å²) in [7, 11) is 0. The lowest BCUT2D eigenvalue weighted by Crippen LogP contribution is -2.74. The molecule has 0 saturated carbocycles. The molecular formula is C11H9F15. The van der Waals surface area contributed by atoms with Crippen LogP contribution in [-0.2, 0) is 0 Å². The SMILES string of the molecule is CC(F)(F)C(F)(F)C(F)(F)C(C)(F)C(F)(F)C(F)(F)C(F)(F)C(C)(F)F. The maximum absolute atomic E-state index is 13.7. The Morgan fingerprint density at radius 3 is 0.731 bits per heavy atom. The van der Waals surface area contributed by atoms with E-state index in [9.17, 15) is 65.9 Å². The molecule has 15 heteroatoms. The van der Waals surface area contributed by atoms with Crippen LogP contribution in [-0.4, -0.2) is 47.1 Å². The zero-order chi connectivity index (χ0) is 22.0. The second-order valence-corrected chi connectivity index (χ2v) is 5.65. The van der Waals surface area contributed by atoms with Gasteiger partial charge in [0.1, 0.15) is 0 Å². The number of halogens is 15. The smallest absolute Gasteiger partial charge is 0.230 e. The standard InChI is InChI=1S/C11H9F15/c1-4(12,7(17,18)9(21,22)5(2,13)14)8(19,20)11(25,26)10(23,24)6(3,15)16/h1-3H3. The summed E-state index contributed by atoms with van der Waals surface area (Å²) in [4.78, 5) is 0. The molecule has 0 aromatic heterocycles. The molecule has 0 radical (unpaired) electrons. The first kappa shape index (κ1) is 24.9.